The largest absolute Gasteiger partial charge is 0.507 e. The maximum Gasteiger partial charge on any atom is 0.259 e. The molecule has 2 N–H and O–H groups in total. The number of fused-ring (bicyclic) bond motifs is 1. The van der Waals surface area contributed by atoms with E-state index in [0.717, 1.165) is 40.9 Å². The van der Waals surface area contributed by atoms with Gasteiger partial charge in [0.1, 0.15) is 5.75 Å². The van der Waals surface area contributed by atoms with Crippen molar-refractivity contribution in [1.82, 2.24) is 4.90 Å². The number of phenolic OH excluding ortho intramolecular Hbond substituents is 1. The van der Waals surface area contributed by atoms with Gasteiger partial charge in [0.25, 0.3) is 5.91 Å². The van der Waals surface area contributed by atoms with Crippen LogP contribution in [-0.4, -0.2) is 46.4 Å². The summed E-state index contributed by atoms with van der Waals surface area (Å²) in [5.74, 6) is 1.71. The molecule has 29 heavy (non-hydrogen) atoms. The summed E-state index contributed by atoms with van der Waals surface area (Å²) in [5.41, 5.74) is 1.76. The summed E-state index contributed by atoms with van der Waals surface area (Å²) in [6.07, 6.45) is 0.365. The molecule has 1 saturated heterocycles. The number of nitrogens with one attached hydrogen (secondary N) is 1. The number of aromatic hydroxyl groups is 1. The normalized spacial score (nSPS) is 14.0. The Morgan fingerprint density at radius 3 is 2.31 bits per heavy atom. The first-order valence-electron chi connectivity index (χ1n) is 9.58. The minimum absolute atomic E-state index is 0.0527. The van der Waals surface area contributed by atoms with Gasteiger partial charge >= 0.3 is 0 Å². The molecule has 0 bridgehead atoms. The van der Waals surface area contributed by atoms with Crippen molar-refractivity contribution in [2.24, 2.45) is 0 Å². The van der Waals surface area contributed by atoms with Gasteiger partial charge in [-0.2, -0.15) is 11.8 Å². The first kappa shape index (κ1) is 19.3. The Kier molecular flexibility index (Phi) is 5.71. The molecular formula is C23H22N2O3S. The second-order valence-corrected chi connectivity index (χ2v) is 8.26. The van der Waals surface area contributed by atoms with Gasteiger partial charge in [0.05, 0.1) is 12.0 Å². The number of carbonyl (C=O) groups excluding carboxylic acids is 2. The summed E-state index contributed by atoms with van der Waals surface area (Å²) in [5, 5.41) is 14.8. The average molecular weight is 407 g/mol. The average Bonchev–Trinajstić information content (AvgIpc) is 2.75. The molecular weight excluding hydrogens is 384 g/mol. The fourth-order valence-electron chi connectivity index (χ4n) is 3.41. The molecule has 2 amide bonds. The molecule has 3 aromatic rings. The van der Waals surface area contributed by atoms with Gasteiger partial charge in [-0.15, -0.1) is 0 Å². The molecule has 5 nitrogen and oxygen atoms in total. The van der Waals surface area contributed by atoms with Crippen LogP contribution in [-0.2, 0) is 11.2 Å². The predicted octanol–water partition coefficient (Wildman–Crippen LogP) is 3.92. The van der Waals surface area contributed by atoms with E-state index in [1.165, 1.54) is 0 Å². The lowest BCUT2D eigenvalue weighted by molar-refractivity contribution is -0.130. The fourth-order valence-corrected chi connectivity index (χ4v) is 4.32. The molecule has 4 rings (SSSR count). The second kappa shape index (κ2) is 8.57. The van der Waals surface area contributed by atoms with Gasteiger partial charge in [0.15, 0.2) is 0 Å². The minimum atomic E-state index is -0.372. The van der Waals surface area contributed by atoms with Crippen molar-refractivity contribution in [3.8, 4) is 5.75 Å². The number of anilines is 1. The van der Waals surface area contributed by atoms with E-state index in [1.54, 1.807) is 24.3 Å². The van der Waals surface area contributed by atoms with E-state index in [1.807, 2.05) is 53.1 Å². The smallest absolute Gasteiger partial charge is 0.259 e. The van der Waals surface area contributed by atoms with E-state index in [9.17, 15) is 14.7 Å². The molecule has 0 aliphatic carbocycles. The number of hydrogen-bond donors (Lipinski definition) is 2. The van der Waals surface area contributed by atoms with Crippen molar-refractivity contribution in [2.45, 2.75) is 6.42 Å². The molecule has 1 aliphatic rings. The molecule has 3 aromatic carbocycles. The lowest BCUT2D eigenvalue weighted by atomic mass is 10.1. The zero-order valence-electron chi connectivity index (χ0n) is 15.9. The Hall–Kier alpha value is -2.99. The summed E-state index contributed by atoms with van der Waals surface area (Å²) in [4.78, 5) is 26.9. The molecule has 1 fully saturated rings. The third-order valence-electron chi connectivity index (χ3n) is 5.04. The van der Waals surface area contributed by atoms with Gasteiger partial charge in [-0.1, -0.05) is 36.4 Å². The topological polar surface area (TPSA) is 69.6 Å². The Morgan fingerprint density at radius 1 is 0.966 bits per heavy atom. The molecule has 0 unspecified atom stereocenters. The number of benzene rings is 3. The van der Waals surface area contributed by atoms with E-state index in [2.05, 4.69) is 5.32 Å². The summed E-state index contributed by atoms with van der Waals surface area (Å²) in [6, 6.07) is 18.1. The van der Waals surface area contributed by atoms with Gasteiger partial charge in [-0.3, -0.25) is 9.59 Å². The molecule has 6 heteroatoms. The minimum Gasteiger partial charge on any atom is -0.507 e. The Labute approximate surface area is 173 Å². The monoisotopic (exact) mass is 406 g/mol. The van der Waals surface area contributed by atoms with Crippen LogP contribution in [0.3, 0.4) is 0 Å². The fraction of sp³-hybridized carbons (Fsp3) is 0.217. The number of phenols is 1. The highest BCUT2D eigenvalue weighted by Crippen LogP contribution is 2.26. The third-order valence-corrected chi connectivity index (χ3v) is 5.98. The van der Waals surface area contributed by atoms with E-state index in [4.69, 9.17) is 0 Å². The van der Waals surface area contributed by atoms with Gasteiger partial charge in [0, 0.05) is 30.3 Å². The van der Waals surface area contributed by atoms with Crippen molar-refractivity contribution in [2.75, 3.05) is 29.9 Å². The molecule has 0 saturated carbocycles. The van der Waals surface area contributed by atoms with E-state index < -0.39 is 0 Å². The molecule has 1 heterocycles. The molecule has 0 aromatic heterocycles. The first-order chi connectivity index (χ1) is 14.1. The summed E-state index contributed by atoms with van der Waals surface area (Å²) in [6.45, 7) is 1.62. The van der Waals surface area contributed by atoms with Gasteiger partial charge in [-0.05, 0) is 40.6 Å². The maximum absolute atomic E-state index is 12.6. The molecule has 0 spiro atoms. The van der Waals surface area contributed by atoms with Gasteiger partial charge in [-0.25, -0.2) is 0 Å². The number of hydrogen-bond acceptors (Lipinski definition) is 4. The number of thioether (sulfide) groups is 1. The van der Waals surface area contributed by atoms with Crippen LogP contribution in [0.4, 0.5) is 5.69 Å². The third kappa shape index (κ3) is 4.54. The second-order valence-electron chi connectivity index (χ2n) is 7.04. The lowest BCUT2D eigenvalue weighted by Gasteiger charge is -2.26. The van der Waals surface area contributed by atoms with Crippen LogP contribution in [0.25, 0.3) is 10.8 Å². The molecule has 1 aliphatic heterocycles. The van der Waals surface area contributed by atoms with Gasteiger partial charge < -0.3 is 15.3 Å². The van der Waals surface area contributed by atoms with E-state index in [0.29, 0.717) is 12.1 Å². The zero-order valence-corrected chi connectivity index (χ0v) is 16.7. The summed E-state index contributed by atoms with van der Waals surface area (Å²) in [7, 11) is 0. The van der Waals surface area contributed by atoms with Crippen molar-refractivity contribution < 1.29 is 14.7 Å². The van der Waals surface area contributed by atoms with Crippen LogP contribution in [0.1, 0.15) is 15.9 Å². The summed E-state index contributed by atoms with van der Waals surface area (Å²) >= 11 is 1.88. The van der Waals surface area contributed by atoms with Crippen LogP contribution >= 0.6 is 11.8 Å². The lowest BCUT2D eigenvalue weighted by Crippen LogP contribution is -2.38. The number of nitrogens with zero attached hydrogens (tertiary/aromatic N) is 1. The van der Waals surface area contributed by atoms with Crippen molar-refractivity contribution in [3.63, 3.8) is 0 Å². The Balaban J connectivity index is 1.42. The van der Waals surface area contributed by atoms with Crippen molar-refractivity contribution in [1.29, 1.82) is 0 Å². The Bertz CT molecular complexity index is 1040. The number of carbonyl (C=O) groups is 2. The molecule has 148 valence electrons. The predicted molar refractivity (Wildman–Crippen MR) is 118 cm³/mol. The van der Waals surface area contributed by atoms with Crippen LogP contribution < -0.4 is 5.32 Å². The highest BCUT2D eigenvalue weighted by atomic mass is 32.2. The Morgan fingerprint density at radius 2 is 1.62 bits per heavy atom. The molecule has 0 radical (unpaired) electrons. The van der Waals surface area contributed by atoms with Crippen LogP contribution in [0.2, 0.25) is 0 Å². The van der Waals surface area contributed by atoms with E-state index in [-0.39, 0.29) is 23.1 Å². The van der Waals surface area contributed by atoms with Gasteiger partial charge in [0.2, 0.25) is 5.91 Å². The van der Waals surface area contributed by atoms with E-state index >= 15 is 0 Å². The number of amides is 2. The highest BCUT2D eigenvalue weighted by molar-refractivity contribution is 7.99. The first-order valence-corrected chi connectivity index (χ1v) is 10.7. The molecule has 0 atom stereocenters. The van der Waals surface area contributed by atoms with Crippen molar-refractivity contribution in [3.05, 3.63) is 71.8 Å². The zero-order chi connectivity index (χ0) is 20.2. The highest BCUT2D eigenvalue weighted by Gasteiger charge is 2.17. The van der Waals surface area contributed by atoms with Crippen LogP contribution in [0.15, 0.2) is 60.7 Å². The summed E-state index contributed by atoms with van der Waals surface area (Å²) < 4.78 is 0. The van der Waals surface area contributed by atoms with Crippen LogP contribution in [0, 0.1) is 0 Å². The maximum atomic E-state index is 12.6. The quantitative estimate of drug-likeness (QED) is 0.689. The standard InChI is InChI=1S/C23H22N2O3S/c26-21-15-18-4-2-1-3-17(18)14-20(21)23(28)24-19-7-5-16(6-8-19)13-22(27)25-9-11-29-12-10-25/h1-8,14-15,26H,9-13H2,(H,24,28). The van der Waals surface area contributed by atoms with Crippen LogP contribution in [0.5, 0.6) is 5.75 Å². The SMILES string of the molecule is O=C(Nc1ccc(CC(=O)N2CCSCC2)cc1)c1cc2ccccc2cc1O. The van der Waals surface area contributed by atoms with Crippen molar-refractivity contribution >= 4 is 40.0 Å². The number of rotatable bonds is 4.